The minimum absolute atomic E-state index is 0.0870. The molecular weight excluding hydrogens is 398 g/mol. The highest BCUT2D eigenvalue weighted by molar-refractivity contribution is 7.17. The summed E-state index contributed by atoms with van der Waals surface area (Å²) in [5.74, 6) is 0.487. The summed E-state index contributed by atoms with van der Waals surface area (Å²) in [7, 11) is 0. The number of rotatable bonds is 7. The van der Waals surface area contributed by atoms with Crippen LogP contribution in [-0.2, 0) is 11.3 Å². The molecule has 2 heterocycles. The van der Waals surface area contributed by atoms with Crippen molar-refractivity contribution in [2.24, 2.45) is 0 Å². The monoisotopic (exact) mass is 419 g/mol. The molecule has 152 valence electrons. The standard InChI is InChI=1S/C23H21N3O3S/c1-16-7-9-17(10-8-16)19-14-30-22-21(19)23(28)26(15-25-22)13-20(27)24-11-12-29-18-5-3-2-4-6-18/h2-10,14-15H,11-13H2,1H3,(H,24,27). The van der Waals surface area contributed by atoms with Gasteiger partial charge >= 0.3 is 0 Å². The molecular formula is C23H21N3O3S. The van der Waals surface area contributed by atoms with Crippen LogP contribution in [0.5, 0.6) is 5.75 Å². The Morgan fingerprint density at radius 3 is 2.67 bits per heavy atom. The van der Waals surface area contributed by atoms with Crippen molar-refractivity contribution in [1.82, 2.24) is 14.9 Å². The summed E-state index contributed by atoms with van der Waals surface area (Å²) in [6.45, 7) is 2.64. The number of hydrogen-bond acceptors (Lipinski definition) is 5. The Morgan fingerprint density at radius 1 is 1.13 bits per heavy atom. The van der Waals surface area contributed by atoms with E-state index >= 15 is 0 Å². The number of ether oxygens (including phenoxy) is 1. The molecule has 0 aliphatic rings. The molecule has 0 fully saturated rings. The van der Waals surface area contributed by atoms with Gasteiger partial charge in [-0.25, -0.2) is 4.98 Å². The predicted molar refractivity (Wildman–Crippen MR) is 119 cm³/mol. The minimum Gasteiger partial charge on any atom is -0.492 e. The van der Waals surface area contributed by atoms with Gasteiger partial charge in [0.25, 0.3) is 5.56 Å². The van der Waals surface area contributed by atoms with Crippen LogP contribution in [0.25, 0.3) is 21.3 Å². The molecule has 0 saturated carbocycles. The largest absolute Gasteiger partial charge is 0.492 e. The fraction of sp³-hybridized carbons (Fsp3) is 0.174. The molecule has 4 rings (SSSR count). The van der Waals surface area contributed by atoms with E-state index in [-0.39, 0.29) is 18.0 Å². The van der Waals surface area contributed by atoms with E-state index in [1.54, 1.807) is 0 Å². The number of para-hydroxylation sites is 1. The summed E-state index contributed by atoms with van der Waals surface area (Å²) in [5, 5.41) is 5.26. The van der Waals surface area contributed by atoms with E-state index in [0.29, 0.717) is 23.4 Å². The molecule has 4 aromatic rings. The van der Waals surface area contributed by atoms with Gasteiger partial charge in [0.15, 0.2) is 0 Å². The zero-order valence-corrected chi connectivity index (χ0v) is 17.3. The highest BCUT2D eigenvalue weighted by Crippen LogP contribution is 2.30. The van der Waals surface area contributed by atoms with Crippen molar-refractivity contribution in [2.75, 3.05) is 13.2 Å². The molecule has 0 saturated heterocycles. The quantitative estimate of drug-likeness (QED) is 0.464. The van der Waals surface area contributed by atoms with E-state index < -0.39 is 0 Å². The van der Waals surface area contributed by atoms with E-state index in [1.165, 1.54) is 22.2 Å². The SMILES string of the molecule is Cc1ccc(-c2csc3ncn(CC(=O)NCCOc4ccccc4)c(=O)c23)cc1. The van der Waals surface area contributed by atoms with Crippen LogP contribution in [0.4, 0.5) is 0 Å². The maximum absolute atomic E-state index is 13.0. The Hall–Kier alpha value is -3.45. The van der Waals surface area contributed by atoms with Crippen LogP contribution >= 0.6 is 11.3 Å². The molecule has 6 nitrogen and oxygen atoms in total. The van der Waals surface area contributed by atoms with Crippen molar-refractivity contribution in [3.63, 3.8) is 0 Å². The van der Waals surface area contributed by atoms with Crippen molar-refractivity contribution in [3.8, 4) is 16.9 Å². The summed E-state index contributed by atoms with van der Waals surface area (Å²) in [6, 6.07) is 17.4. The Morgan fingerprint density at radius 2 is 1.90 bits per heavy atom. The van der Waals surface area contributed by atoms with Gasteiger partial charge in [0.2, 0.25) is 5.91 Å². The summed E-state index contributed by atoms with van der Waals surface area (Å²) < 4.78 is 6.90. The topological polar surface area (TPSA) is 73.2 Å². The number of thiophene rings is 1. The third-order valence-corrected chi connectivity index (χ3v) is 5.56. The van der Waals surface area contributed by atoms with E-state index in [1.807, 2.05) is 66.9 Å². The summed E-state index contributed by atoms with van der Waals surface area (Å²) in [5.41, 5.74) is 2.75. The first-order valence-corrected chi connectivity index (χ1v) is 10.5. The Labute approximate surface area is 177 Å². The normalized spacial score (nSPS) is 10.8. The second-order valence-corrected chi connectivity index (χ2v) is 7.74. The molecule has 0 bridgehead atoms. The van der Waals surface area contributed by atoms with Gasteiger partial charge in [-0.3, -0.25) is 14.2 Å². The van der Waals surface area contributed by atoms with Crippen LogP contribution in [-0.4, -0.2) is 28.6 Å². The molecule has 0 aliphatic heterocycles. The number of fused-ring (bicyclic) bond motifs is 1. The average molecular weight is 420 g/mol. The molecule has 0 radical (unpaired) electrons. The Balaban J connectivity index is 1.44. The second-order valence-electron chi connectivity index (χ2n) is 6.88. The number of carbonyl (C=O) groups is 1. The van der Waals surface area contributed by atoms with Crippen molar-refractivity contribution >= 4 is 27.5 Å². The van der Waals surface area contributed by atoms with E-state index in [9.17, 15) is 9.59 Å². The van der Waals surface area contributed by atoms with Gasteiger partial charge in [0.05, 0.1) is 18.3 Å². The van der Waals surface area contributed by atoms with Gasteiger partial charge in [0.1, 0.15) is 23.7 Å². The molecule has 7 heteroatoms. The van der Waals surface area contributed by atoms with Gasteiger partial charge in [-0.1, -0.05) is 48.0 Å². The molecule has 0 unspecified atom stereocenters. The number of nitrogens with zero attached hydrogens (tertiary/aromatic N) is 2. The van der Waals surface area contributed by atoms with Crippen LogP contribution in [0.3, 0.4) is 0 Å². The van der Waals surface area contributed by atoms with Gasteiger partial charge in [-0.05, 0) is 24.6 Å². The van der Waals surface area contributed by atoms with Crippen LogP contribution in [0, 0.1) is 6.92 Å². The average Bonchev–Trinajstić information content (AvgIpc) is 3.19. The van der Waals surface area contributed by atoms with E-state index in [4.69, 9.17) is 4.74 Å². The number of benzene rings is 2. The maximum Gasteiger partial charge on any atom is 0.263 e. The van der Waals surface area contributed by atoms with Gasteiger partial charge in [-0.2, -0.15) is 0 Å². The minimum atomic E-state index is -0.262. The lowest BCUT2D eigenvalue weighted by Crippen LogP contribution is -2.34. The van der Waals surface area contributed by atoms with Crippen molar-refractivity contribution < 1.29 is 9.53 Å². The first kappa shape index (κ1) is 19.8. The highest BCUT2D eigenvalue weighted by atomic mass is 32.1. The first-order valence-electron chi connectivity index (χ1n) is 9.60. The second kappa shape index (κ2) is 8.92. The third-order valence-electron chi connectivity index (χ3n) is 4.67. The van der Waals surface area contributed by atoms with Crippen LogP contribution in [0.2, 0.25) is 0 Å². The summed E-state index contributed by atoms with van der Waals surface area (Å²) in [4.78, 5) is 30.4. The Kier molecular flexibility index (Phi) is 5.90. The number of carbonyl (C=O) groups excluding carboxylic acids is 1. The third kappa shape index (κ3) is 4.41. The fourth-order valence-corrected chi connectivity index (χ4v) is 4.02. The van der Waals surface area contributed by atoms with Crippen LogP contribution in [0.15, 0.2) is 71.1 Å². The van der Waals surface area contributed by atoms with Crippen molar-refractivity contribution in [1.29, 1.82) is 0 Å². The van der Waals surface area contributed by atoms with Gasteiger partial charge < -0.3 is 10.1 Å². The van der Waals surface area contributed by atoms with Crippen molar-refractivity contribution in [2.45, 2.75) is 13.5 Å². The number of amides is 1. The molecule has 0 spiro atoms. The van der Waals surface area contributed by atoms with Gasteiger partial charge in [0, 0.05) is 10.9 Å². The zero-order valence-electron chi connectivity index (χ0n) is 16.5. The fourth-order valence-electron chi connectivity index (χ4n) is 3.11. The molecule has 1 N–H and O–H groups in total. The summed E-state index contributed by atoms with van der Waals surface area (Å²) in [6.07, 6.45) is 1.43. The predicted octanol–water partition coefficient (Wildman–Crippen LogP) is 3.63. The lowest BCUT2D eigenvalue weighted by molar-refractivity contribution is -0.121. The molecule has 2 aromatic heterocycles. The molecule has 0 atom stereocenters. The van der Waals surface area contributed by atoms with Crippen LogP contribution in [0.1, 0.15) is 5.56 Å². The lowest BCUT2D eigenvalue weighted by Gasteiger charge is -2.09. The molecule has 0 aliphatic carbocycles. The zero-order chi connectivity index (χ0) is 20.9. The number of aryl methyl sites for hydroxylation is 1. The number of hydrogen-bond donors (Lipinski definition) is 1. The molecule has 30 heavy (non-hydrogen) atoms. The smallest absolute Gasteiger partial charge is 0.263 e. The van der Waals surface area contributed by atoms with Crippen molar-refractivity contribution in [3.05, 3.63) is 82.2 Å². The number of nitrogens with one attached hydrogen (secondary N) is 1. The maximum atomic E-state index is 13.0. The highest BCUT2D eigenvalue weighted by Gasteiger charge is 2.14. The number of aromatic nitrogens is 2. The van der Waals surface area contributed by atoms with Gasteiger partial charge in [-0.15, -0.1) is 11.3 Å². The molecule has 1 amide bonds. The van der Waals surface area contributed by atoms with E-state index in [0.717, 1.165) is 22.4 Å². The Bertz CT molecular complexity index is 1210. The first-order chi connectivity index (χ1) is 14.6. The molecule has 2 aromatic carbocycles. The lowest BCUT2D eigenvalue weighted by atomic mass is 10.1. The van der Waals surface area contributed by atoms with E-state index in [2.05, 4.69) is 10.3 Å². The summed E-state index contributed by atoms with van der Waals surface area (Å²) >= 11 is 1.43. The van der Waals surface area contributed by atoms with Crippen LogP contribution < -0.4 is 15.6 Å².